The summed E-state index contributed by atoms with van der Waals surface area (Å²) in [5.41, 5.74) is 0.455. The van der Waals surface area contributed by atoms with Crippen molar-refractivity contribution in [3.63, 3.8) is 0 Å². The second kappa shape index (κ2) is 7.67. The van der Waals surface area contributed by atoms with Gasteiger partial charge in [-0.25, -0.2) is 0 Å². The van der Waals surface area contributed by atoms with Gasteiger partial charge in [0.25, 0.3) is 5.91 Å². The Hall–Kier alpha value is -2.50. The third-order valence-corrected chi connectivity index (χ3v) is 3.22. The summed E-state index contributed by atoms with van der Waals surface area (Å²) < 4.78 is 37.3. The Morgan fingerprint density at radius 2 is 1.57 bits per heavy atom. The molecule has 0 bridgehead atoms. The number of nitrogens with one attached hydrogen (secondary N) is 2. The van der Waals surface area contributed by atoms with Crippen LogP contribution in [0.2, 0.25) is 0 Å². The molecule has 2 N–H and O–H groups in total. The number of hydrogen-bond acceptors (Lipinski definition) is 2. The monoisotopic (exact) mass is 322 g/mol. The van der Waals surface area contributed by atoms with Crippen molar-refractivity contribution in [2.75, 3.05) is 18.4 Å². The quantitative estimate of drug-likeness (QED) is 0.791. The van der Waals surface area contributed by atoms with Gasteiger partial charge in [-0.3, -0.25) is 4.79 Å². The molecule has 6 heteroatoms. The molecule has 23 heavy (non-hydrogen) atoms. The van der Waals surface area contributed by atoms with Gasteiger partial charge >= 0.3 is 6.18 Å². The van der Waals surface area contributed by atoms with Gasteiger partial charge in [-0.15, -0.1) is 0 Å². The summed E-state index contributed by atoms with van der Waals surface area (Å²) in [6.07, 6.45) is -3.68. The molecule has 0 saturated heterocycles. The van der Waals surface area contributed by atoms with Crippen LogP contribution in [-0.2, 0) is 6.18 Å². The molecular weight excluding hydrogens is 305 g/mol. The van der Waals surface area contributed by atoms with E-state index in [0.717, 1.165) is 17.8 Å². The van der Waals surface area contributed by atoms with Crippen molar-refractivity contribution in [1.29, 1.82) is 0 Å². The van der Waals surface area contributed by atoms with Crippen LogP contribution in [0.3, 0.4) is 0 Å². The molecular formula is C17H17F3N2O. The highest BCUT2D eigenvalue weighted by atomic mass is 19.4. The Kier molecular flexibility index (Phi) is 5.62. The largest absolute Gasteiger partial charge is 0.416 e. The van der Waals surface area contributed by atoms with Crippen molar-refractivity contribution in [2.45, 2.75) is 12.6 Å². The van der Waals surface area contributed by atoms with E-state index in [9.17, 15) is 18.0 Å². The van der Waals surface area contributed by atoms with Crippen LogP contribution in [0.4, 0.5) is 18.9 Å². The summed E-state index contributed by atoms with van der Waals surface area (Å²) in [6, 6.07) is 13.8. The highest BCUT2D eigenvalue weighted by Crippen LogP contribution is 2.29. The Bertz CT molecular complexity index is 625. The lowest BCUT2D eigenvalue weighted by molar-refractivity contribution is -0.137. The summed E-state index contributed by atoms with van der Waals surface area (Å²) in [5.74, 6) is -0.376. The van der Waals surface area contributed by atoms with Gasteiger partial charge in [0.05, 0.1) is 5.56 Å². The standard InChI is InChI=1S/C17H17F3N2O/c18-17(19,20)14-9-7-13(8-10-14)16(23)22-12-4-11-21-15-5-2-1-3-6-15/h1-3,5-10,21H,4,11-12H2,(H,22,23). The van der Waals surface area contributed by atoms with Crippen molar-refractivity contribution in [1.82, 2.24) is 5.32 Å². The molecule has 3 nitrogen and oxygen atoms in total. The number of para-hydroxylation sites is 1. The fraction of sp³-hybridized carbons (Fsp3) is 0.235. The number of anilines is 1. The van der Waals surface area contributed by atoms with Crippen LogP contribution in [0.15, 0.2) is 54.6 Å². The Balaban J connectivity index is 1.72. The van der Waals surface area contributed by atoms with E-state index in [-0.39, 0.29) is 11.5 Å². The zero-order valence-corrected chi connectivity index (χ0v) is 12.4. The van der Waals surface area contributed by atoms with E-state index in [4.69, 9.17) is 0 Å². The molecule has 2 aromatic rings. The molecule has 0 heterocycles. The Morgan fingerprint density at radius 3 is 2.17 bits per heavy atom. The molecule has 122 valence electrons. The molecule has 0 atom stereocenters. The first-order valence-corrected chi connectivity index (χ1v) is 7.21. The first-order valence-electron chi connectivity index (χ1n) is 7.21. The molecule has 0 aromatic heterocycles. The number of rotatable bonds is 6. The number of carbonyl (C=O) groups is 1. The molecule has 2 rings (SSSR count). The van der Waals surface area contributed by atoms with E-state index in [1.165, 1.54) is 12.1 Å². The first-order chi connectivity index (χ1) is 11.0. The van der Waals surface area contributed by atoms with Gasteiger partial charge in [0.15, 0.2) is 0 Å². The minimum absolute atomic E-state index is 0.217. The zero-order valence-electron chi connectivity index (χ0n) is 12.4. The van der Waals surface area contributed by atoms with E-state index in [1.54, 1.807) is 0 Å². The van der Waals surface area contributed by atoms with Crippen molar-refractivity contribution >= 4 is 11.6 Å². The van der Waals surface area contributed by atoms with Gasteiger partial charge in [-0.05, 0) is 42.8 Å². The maximum atomic E-state index is 12.4. The number of benzene rings is 2. The second-order valence-corrected chi connectivity index (χ2v) is 4.98. The van der Waals surface area contributed by atoms with Crippen LogP contribution in [0.5, 0.6) is 0 Å². The van der Waals surface area contributed by atoms with Crippen LogP contribution in [0, 0.1) is 0 Å². The zero-order chi connectivity index (χ0) is 16.7. The highest BCUT2D eigenvalue weighted by Gasteiger charge is 2.30. The van der Waals surface area contributed by atoms with E-state index in [2.05, 4.69) is 10.6 Å². The van der Waals surface area contributed by atoms with E-state index in [1.807, 2.05) is 30.3 Å². The van der Waals surface area contributed by atoms with E-state index < -0.39 is 11.7 Å². The molecule has 2 aromatic carbocycles. The number of hydrogen-bond donors (Lipinski definition) is 2. The number of carbonyl (C=O) groups excluding carboxylic acids is 1. The Morgan fingerprint density at radius 1 is 0.913 bits per heavy atom. The molecule has 0 fully saturated rings. The molecule has 0 aliphatic rings. The van der Waals surface area contributed by atoms with Crippen molar-refractivity contribution < 1.29 is 18.0 Å². The number of halogens is 3. The lowest BCUT2D eigenvalue weighted by atomic mass is 10.1. The van der Waals surface area contributed by atoms with Crippen molar-refractivity contribution in [3.05, 3.63) is 65.7 Å². The van der Waals surface area contributed by atoms with Crippen LogP contribution < -0.4 is 10.6 Å². The third kappa shape index (κ3) is 5.32. The fourth-order valence-electron chi connectivity index (χ4n) is 1.99. The van der Waals surface area contributed by atoms with Crippen molar-refractivity contribution in [3.8, 4) is 0 Å². The number of alkyl halides is 3. The van der Waals surface area contributed by atoms with E-state index in [0.29, 0.717) is 19.5 Å². The van der Waals surface area contributed by atoms with Crippen LogP contribution in [-0.4, -0.2) is 19.0 Å². The van der Waals surface area contributed by atoms with Crippen LogP contribution >= 0.6 is 0 Å². The van der Waals surface area contributed by atoms with Gasteiger partial charge in [-0.2, -0.15) is 13.2 Å². The van der Waals surface area contributed by atoms with Gasteiger partial charge in [0.2, 0.25) is 0 Å². The molecule has 0 aliphatic carbocycles. The van der Waals surface area contributed by atoms with Gasteiger partial charge in [0.1, 0.15) is 0 Å². The molecule has 0 aliphatic heterocycles. The highest BCUT2D eigenvalue weighted by molar-refractivity contribution is 5.94. The van der Waals surface area contributed by atoms with Gasteiger partial charge in [-0.1, -0.05) is 18.2 Å². The van der Waals surface area contributed by atoms with Gasteiger partial charge in [0, 0.05) is 24.3 Å². The second-order valence-electron chi connectivity index (χ2n) is 4.98. The molecule has 0 spiro atoms. The normalized spacial score (nSPS) is 11.1. The minimum atomic E-state index is -4.39. The van der Waals surface area contributed by atoms with Crippen molar-refractivity contribution in [2.24, 2.45) is 0 Å². The third-order valence-electron chi connectivity index (χ3n) is 3.22. The average molecular weight is 322 g/mol. The SMILES string of the molecule is O=C(NCCCNc1ccccc1)c1ccc(C(F)(F)F)cc1. The predicted octanol–water partition coefficient (Wildman–Crippen LogP) is 3.94. The average Bonchev–Trinajstić information content (AvgIpc) is 2.54. The summed E-state index contributed by atoms with van der Waals surface area (Å²) in [7, 11) is 0. The molecule has 1 amide bonds. The summed E-state index contributed by atoms with van der Waals surface area (Å²) >= 11 is 0. The van der Waals surface area contributed by atoms with Gasteiger partial charge < -0.3 is 10.6 Å². The maximum Gasteiger partial charge on any atom is 0.416 e. The smallest absolute Gasteiger partial charge is 0.385 e. The minimum Gasteiger partial charge on any atom is -0.385 e. The predicted molar refractivity (Wildman–Crippen MR) is 83.3 cm³/mol. The molecule has 0 saturated carbocycles. The summed E-state index contributed by atoms with van der Waals surface area (Å²) in [6.45, 7) is 1.14. The maximum absolute atomic E-state index is 12.4. The topological polar surface area (TPSA) is 41.1 Å². The summed E-state index contributed by atoms with van der Waals surface area (Å²) in [5, 5.41) is 5.89. The first kappa shape index (κ1) is 16.9. The molecule has 0 radical (unpaired) electrons. The van der Waals surface area contributed by atoms with Crippen LogP contribution in [0.1, 0.15) is 22.3 Å². The Labute approximate surface area is 132 Å². The summed E-state index contributed by atoms with van der Waals surface area (Å²) in [4.78, 5) is 11.8. The molecule has 0 unspecified atom stereocenters. The number of amides is 1. The lowest BCUT2D eigenvalue weighted by Crippen LogP contribution is -2.25. The fourth-order valence-corrected chi connectivity index (χ4v) is 1.99. The van der Waals surface area contributed by atoms with E-state index >= 15 is 0 Å². The lowest BCUT2D eigenvalue weighted by Gasteiger charge is -2.09. The van der Waals surface area contributed by atoms with Crippen LogP contribution in [0.25, 0.3) is 0 Å².